The first-order valence-corrected chi connectivity index (χ1v) is 18.2. The predicted octanol–water partition coefficient (Wildman–Crippen LogP) is 6.06. The van der Waals surface area contributed by atoms with Gasteiger partial charge in [-0.25, -0.2) is 9.59 Å². The zero-order chi connectivity index (χ0) is 36.0. The van der Waals surface area contributed by atoms with E-state index < -0.39 is 70.5 Å². The van der Waals surface area contributed by atoms with Crippen molar-refractivity contribution < 1.29 is 39.5 Å². The summed E-state index contributed by atoms with van der Waals surface area (Å²) in [5.74, 6) is -1.12. The van der Waals surface area contributed by atoms with Crippen LogP contribution >= 0.6 is 0 Å². The number of esters is 2. The largest absolute Gasteiger partial charge is 0.454 e. The second-order valence-corrected chi connectivity index (χ2v) is 18.0. The van der Waals surface area contributed by atoms with E-state index in [-0.39, 0.29) is 22.9 Å². The van der Waals surface area contributed by atoms with Crippen molar-refractivity contribution in [2.75, 3.05) is 6.61 Å². The molecule has 0 radical (unpaired) electrons. The topological polar surface area (TPSA) is 134 Å². The van der Waals surface area contributed by atoms with Gasteiger partial charge in [-0.1, -0.05) is 72.3 Å². The number of fused-ring (bicyclic) bond motifs is 7. The van der Waals surface area contributed by atoms with Crippen LogP contribution in [0.15, 0.2) is 34.9 Å². The lowest BCUT2D eigenvalue weighted by atomic mass is 9.32. The van der Waals surface area contributed by atoms with Gasteiger partial charge in [0.15, 0.2) is 6.10 Å². The lowest BCUT2D eigenvalue weighted by Gasteiger charge is -2.73. The number of carbonyl (C=O) groups is 2. The van der Waals surface area contributed by atoms with Crippen LogP contribution in [0, 0.1) is 50.2 Å². The molecule has 270 valence electrons. The van der Waals surface area contributed by atoms with Crippen LogP contribution in [0.5, 0.6) is 0 Å². The van der Waals surface area contributed by atoms with E-state index in [1.165, 1.54) is 0 Å². The first-order chi connectivity index (χ1) is 22.2. The maximum absolute atomic E-state index is 13.5. The molecule has 5 aliphatic carbocycles. The Hall–Kier alpha value is -2.00. The number of hydrogen-bond acceptors (Lipinski definition) is 8. The third kappa shape index (κ3) is 4.81. The van der Waals surface area contributed by atoms with Crippen molar-refractivity contribution in [1.82, 2.24) is 0 Å². The van der Waals surface area contributed by atoms with Gasteiger partial charge in [-0.3, -0.25) is 0 Å². The second kappa shape index (κ2) is 12.1. The molecule has 12 atom stereocenters. The SMILES string of the molecule is CC=C(C)C(=O)OC1C(OC(=O)C(C)=CC)C2(CO)C(CC1(C)C)C1=CCC3C4(C)CCC(O)C(C)(C)C4CCC3(C)C1(C)C(O)C2O. The van der Waals surface area contributed by atoms with Gasteiger partial charge in [0.2, 0.25) is 0 Å². The van der Waals surface area contributed by atoms with Crippen LogP contribution < -0.4 is 0 Å². The molecule has 5 aliphatic rings. The van der Waals surface area contributed by atoms with Gasteiger partial charge in [-0.05, 0) is 100 Å². The molecule has 48 heavy (non-hydrogen) atoms. The van der Waals surface area contributed by atoms with Crippen LogP contribution in [0.4, 0.5) is 0 Å². The Bertz CT molecular complexity index is 1410. The lowest BCUT2D eigenvalue weighted by molar-refractivity contribution is -0.292. The molecule has 5 rings (SSSR count). The first-order valence-electron chi connectivity index (χ1n) is 18.2. The third-order valence-corrected chi connectivity index (χ3v) is 15.4. The Balaban J connectivity index is 1.69. The molecular formula is C40H62O8. The van der Waals surface area contributed by atoms with Crippen molar-refractivity contribution >= 4 is 11.9 Å². The molecule has 4 saturated carbocycles. The zero-order valence-electron chi connectivity index (χ0n) is 31.2. The molecule has 0 bridgehead atoms. The molecule has 0 heterocycles. The van der Waals surface area contributed by atoms with Crippen molar-refractivity contribution in [3.8, 4) is 0 Å². The van der Waals surface area contributed by atoms with E-state index in [1.54, 1.807) is 39.8 Å². The zero-order valence-corrected chi connectivity index (χ0v) is 31.2. The fourth-order valence-corrected chi connectivity index (χ4v) is 11.9. The number of ether oxygens (including phenoxy) is 2. The van der Waals surface area contributed by atoms with Gasteiger partial charge in [0.25, 0.3) is 0 Å². The quantitative estimate of drug-likeness (QED) is 0.158. The van der Waals surface area contributed by atoms with Gasteiger partial charge < -0.3 is 29.9 Å². The van der Waals surface area contributed by atoms with Crippen LogP contribution in [0.3, 0.4) is 0 Å². The summed E-state index contributed by atoms with van der Waals surface area (Å²) in [5, 5.41) is 47.8. The Morgan fingerprint density at radius 1 is 0.833 bits per heavy atom. The molecule has 8 heteroatoms. The van der Waals surface area contributed by atoms with E-state index >= 15 is 0 Å². The van der Waals surface area contributed by atoms with E-state index in [0.717, 1.165) is 37.7 Å². The van der Waals surface area contributed by atoms with Crippen LogP contribution in [0.1, 0.15) is 115 Å². The molecule has 0 amide bonds. The summed E-state index contributed by atoms with van der Waals surface area (Å²) in [6, 6.07) is 0. The average Bonchev–Trinajstić information content (AvgIpc) is 3.03. The van der Waals surface area contributed by atoms with E-state index in [4.69, 9.17) is 9.47 Å². The van der Waals surface area contributed by atoms with Crippen molar-refractivity contribution in [3.05, 3.63) is 34.9 Å². The van der Waals surface area contributed by atoms with Gasteiger partial charge in [0.05, 0.1) is 30.3 Å². The minimum absolute atomic E-state index is 0.0746. The van der Waals surface area contributed by atoms with E-state index in [2.05, 4.69) is 40.7 Å². The van der Waals surface area contributed by atoms with Crippen molar-refractivity contribution in [1.29, 1.82) is 0 Å². The minimum Gasteiger partial charge on any atom is -0.454 e. The highest BCUT2D eigenvalue weighted by atomic mass is 16.6. The maximum atomic E-state index is 13.5. The Morgan fingerprint density at radius 2 is 1.40 bits per heavy atom. The van der Waals surface area contributed by atoms with Gasteiger partial charge in [-0.2, -0.15) is 0 Å². The number of rotatable bonds is 5. The summed E-state index contributed by atoms with van der Waals surface area (Å²) in [6.07, 6.45) is 4.81. The summed E-state index contributed by atoms with van der Waals surface area (Å²) >= 11 is 0. The minimum atomic E-state index is -1.53. The number of carbonyl (C=O) groups excluding carboxylic acids is 2. The van der Waals surface area contributed by atoms with Crippen LogP contribution in [-0.2, 0) is 19.1 Å². The first kappa shape index (κ1) is 37.3. The van der Waals surface area contributed by atoms with Gasteiger partial charge in [0, 0.05) is 22.0 Å². The summed E-state index contributed by atoms with van der Waals surface area (Å²) in [6.45, 7) is 21.4. The van der Waals surface area contributed by atoms with Gasteiger partial charge >= 0.3 is 11.9 Å². The van der Waals surface area contributed by atoms with Crippen molar-refractivity contribution in [3.63, 3.8) is 0 Å². The number of allylic oxidation sites excluding steroid dienone is 3. The fraction of sp³-hybridized carbons (Fsp3) is 0.800. The highest BCUT2D eigenvalue weighted by molar-refractivity contribution is 5.88. The van der Waals surface area contributed by atoms with Crippen LogP contribution in [0.25, 0.3) is 0 Å². The van der Waals surface area contributed by atoms with E-state index in [1.807, 2.05) is 13.8 Å². The predicted molar refractivity (Wildman–Crippen MR) is 184 cm³/mol. The standard InChI is InChI=1S/C40H62O8/c1-12-22(3)33(45)47-31-32(48-34(46)23(4)13-2)40(21-41)25(20-35(31,5)6)24-14-15-27-37(9)18-17-28(42)36(7,8)26(37)16-19-38(27,10)39(24,11)29(43)30(40)44/h12-14,25-32,41-44H,15-21H2,1-11H3. The molecule has 12 unspecified atom stereocenters. The van der Waals surface area contributed by atoms with E-state index in [0.29, 0.717) is 23.5 Å². The third-order valence-electron chi connectivity index (χ3n) is 15.4. The molecule has 0 aromatic carbocycles. The number of hydrogen-bond donors (Lipinski definition) is 4. The van der Waals surface area contributed by atoms with Crippen LogP contribution in [0.2, 0.25) is 0 Å². The molecule has 0 aromatic rings. The van der Waals surface area contributed by atoms with Gasteiger partial charge in [-0.15, -0.1) is 0 Å². The maximum Gasteiger partial charge on any atom is 0.333 e. The van der Waals surface area contributed by atoms with Crippen molar-refractivity contribution in [2.24, 2.45) is 50.2 Å². The molecule has 4 fully saturated rings. The lowest BCUT2D eigenvalue weighted by Crippen LogP contribution is -2.76. The average molecular weight is 671 g/mol. The highest BCUT2D eigenvalue weighted by Crippen LogP contribution is 2.76. The molecule has 0 spiro atoms. The summed E-state index contributed by atoms with van der Waals surface area (Å²) < 4.78 is 12.4. The Kier molecular flexibility index (Phi) is 9.36. The highest BCUT2D eigenvalue weighted by Gasteiger charge is 2.76. The molecule has 8 nitrogen and oxygen atoms in total. The monoisotopic (exact) mass is 670 g/mol. The molecular weight excluding hydrogens is 608 g/mol. The number of aliphatic hydroxyl groups excluding tert-OH is 4. The Labute approximate surface area is 288 Å². The van der Waals surface area contributed by atoms with Crippen molar-refractivity contribution in [2.45, 2.75) is 145 Å². The molecule has 4 N–H and O–H groups in total. The smallest absolute Gasteiger partial charge is 0.333 e. The molecule has 0 aliphatic heterocycles. The Morgan fingerprint density at radius 3 is 1.94 bits per heavy atom. The normalized spacial score (nSPS) is 46.6. The number of aliphatic hydroxyl groups is 4. The second-order valence-electron chi connectivity index (χ2n) is 18.0. The van der Waals surface area contributed by atoms with Gasteiger partial charge in [0.1, 0.15) is 6.10 Å². The molecule has 0 saturated heterocycles. The van der Waals surface area contributed by atoms with Crippen LogP contribution in [-0.4, -0.2) is 69.5 Å². The van der Waals surface area contributed by atoms with E-state index in [9.17, 15) is 30.0 Å². The summed E-state index contributed by atoms with van der Waals surface area (Å²) in [4.78, 5) is 26.8. The molecule has 0 aromatic heterocycles. The fourth-order valence-electron chi connectivity index (χ4n) is 11.9. The summed E-state index contributed by atoms with van der Waals surface area (Å²) in [5.41, 5.74) is -2.06. The summed E-state index contributed by atoms with van der Waals surface area (Å²) in [7, 11) is 0.